The van der Waals surface area contributed by atoms with Crippen LogP contribution in [0, 0.1) is 6.92 Å². The van der Waals surface area contributed by atoms with Gasteiger partial charge in [-0.25, -0.2) is 0 Å². The average molecular weight is 298 g/mol. The number of nitrogens with one attached hydrogen (secondary N) is 1. The van der Waals surface area contributed by atoms with Gasteiger partial charge in [0.2, 0.25) is 0 Å². The van der Waals surface area contributed by atoms with Crippen molar-refractivity contribution in [1.29, 1.82) is 0 Å². The lowest BCUT2D eigenvalue weighted by atomic mass is 10.1. The normalized spacial score (nSPS) is 14.4. The van der Waals surface area contributed by atoms with E-state index < -0.39 is 0 Å². The number of hydrogen-bond donors (Lipinski definition) is 1. The molecular formula is C15H17Cl2NO. The van der Waals surface area contributed by atoms with E-state index in [9.17, 15) is 0 Å². The summed E-state index contributed by atoms with van der Waals surface area (Å²) in [7, 11) is 0. The maximum absolute atomic E-state index is 6.04. The summed E-state index contributed by atoms with van der Waals surface area (Å²) < 4.78 is 5.62. The van der Waals surface area contributed by atoms with Crippen LogP contribution in [0.4, 0.5) is 0 Å². The van der Waals surface area contributed by atoms with E-state index in [2.05, 4.69) is 19.2 Å². The van der Waals surface area contributed by atoms with Crippen LogP contribution < -0.4 is 5.32 Å². The molecule has 2 unspecified atom stereocenters. The van der Waals surface area contributed by atoms with Crippen molar-refractivity contribution in [2.75, 3.05) is 0 Å². The summed E-state index contributed by atoms with van der Waals surface area (Å²) in [6.07, 6.45) is 0. The summed E-state index contributed by atoms with van der Waals surface area (Å²) in [4.78, 5) is 0. The van der Waals surface area contributed by atoms with Crippen molar-refractivity contribution < 1.29 is 4.42 Å². The maximum Gasteiger partial charge on any atom is 0.120 e. The molecule has 0 spiro atoms. The van der Waals surface area contributed by atoms with Gasteiger partial charge in [0.15, 0.2) is 0 Å². The van der Waals surface area contributed by atoms with E-state index in [1.165, 1.54) is 0 Å². The Morgan fingerprint density at radius 3 is 2.32 bits per heavy atom. The van der Waals surface area contributed by atoms with Crippen LogP contribution >= 0.6 is 23.2 Å². The highest BCUT2D eigenvalue weighted by Gasteiger charge is 2.14. The third-order valence-corrected chi connectivity index (χ3v) is 3.87. The third-order valence-electron chi connectivity index (χ3n) is 3.13. The van der Waals surface area contributed by atoms with Crippen LogP contribution in [0.25, 0.3) is 0 Å². The number of benzene rings is 1. The number of furan rings is 1. The first-order valence-electron chi connectivity index (χ1n) is 6.24. The zero-order valence-electron chi connectivity index (χ0n) is 11.2. The Balaban J connectivity index is 2.07. The molecule has 0 saturated heterocycles. The molecule has 2 aromatic rings. The molecule has 19 heavy (non-hydrogen) atoms. The molecule has 0 aliphatic heterocycles. The second-order valence-corrected chi connectivity index (χ2v) is 5.55. The second-order valence-electron chi connectivity index (χ2n) is 4.73. The fourth-order valence-electron chi connectivity index (χ4n) is 2.02. The lowest BCUT2D eigenvalue weighted by Gasteiger charge is -2.19. The summed E-state index contributed by atoms with van der Waals surface area (Å²) in [5.41, 5.74) is 1.10. The van der Waals surface area contributed by atoms with Crippen molar-refractivity contribution in [3.8, 4) is 0 Å². The minimum atomic E-state index is 0.137. The molecule has 0 bridgehead atoms. The van der Waals surface area contributed by atoms with Gasteiger partial charge in [0.1, 0.15) is 11.5 Å². The van der Waals surface area contributed by atoms with Gasteiger partial charge in [-0.2, -0.15) is 0 Å². The zero-order chi connectivity index (χ0) is 14.0. The molecule has 1 aromatic heterocycles. The molecule has 0 fully saturated rings. The van der Waals surface area contributed by atoms with E-state index in [-0.39, 0.29) is 12.1 Å². The molecule has 1 heterocycles. The van der Waals surface area contributed by atoms with Crippen LogP contribution in [0.1, 0.15) is 43.0 Å². The standard InChI is InChI=1S/C15H17Cl2NO/c1-9-4-7-15(19-9)11(3)18-10(2)12-5-6-13(16)14(17)8-12/h4-8,10-11,18H,1-3H3. The SMILES string of the molecule is Cc1ccc(C(C)NC(C)c2ccc(Cl)c(Cl)c2)o1. The van der Waals surface area contributed by atoms with Crippen LogP contribution in [-0.2, 0) is 0 Å². The monoisotopic (exact) mass is 297 g/mol. The molecule has 0 amide bonds. The fourth-order valence-corrected chi connectivity index (χ4v) is 2.33. The van der Waals surface area contributed by atoms with E-state index in [1.807, 2.05) is 37.3 Å². The topological polar surface area (TPSA) is 25.2 Å². The third kappa shape index (κ3) is 3.53. The van der Waals surface area contributed by atoms with Gasteiger partial charge in [-0.1, -0.05) is 29.3 Å². The molecule has 1 aromatic carbocycles. The average Bonchev–Trinajstić information content (AvgIpc) is 2.79. The summed E-state index contributed by atoms with van der Waals surface area (Å²) in [6, 6.07) is 9.95. The summed E-state index contributed by atoms with van der Waals surface area (Å²) in [5.74, 6) is 1.86. The molecule has 2 atom stereocenters. The number of halogens is 2. The lowest BCUT2D eigenvalue weighted by Crippen LogP contribution is -2.22. The Morgan fingerprint density at radius 2 is 1.74 bits per heavy atom. The van der Waals surface area contributed by atoms with Gasteiger partial charge < -0.3 is 9.73 Å². The Morgan fingerprint density at radius 1 is 1.00 bits per heavy atom. The van der Waals surface area contributed by atoms with Crippen LogP contribution in [0.15, 0.2) is 34.7 Å². The van der Waals surface area contributed by atoms with Crippen molar-refractivity contribution in [3.63, 3.8) is 0 Å². The first-order valence-corrected chi connectivity index (χ1v) is 7.00. The highest BCUT2D eigenvalue weighted by molar-refractivity contribution is 6.42. The van der Waals surface area contributed by atoms with Crippen molar-refractivity contribution >= 4 is 23.2 Å². The van der Waals surface area contributed by atoms with E-state index in [1.54, 1.807) is 0 Å². The number of aryl methyl sites for hydroxylation is 1. The van der Waals surface area contributed by atoms with Crippen molar-refractivity contribution in [3.05, 3.63) is 57.5 Å². The Bertz CT molecular complexity index is 565. The highest BCUT2D eigenvalue weighted by Crippen LogP contribution is 2.27. The van der Waals surface area contributed by atoms with Crippen molar-refractivity contribution in [2.45, 2.75) is 32.9 Å². The molecular weight excluding hydrogens is 281 g/mol. The summed E-state index contributed by atoms with van der Waals surface area (Å²) >= 11 is 12.0. The minimum Gasteiger partial charge on any atom is -0.465 e. The molecule has 0 radical (unpaired) electrons. The largest absolute Gasteiger partial charge is 0.465 e. The Kier molecular flexibility index (Phi) is 4.56. The van der Waals surface area contributed by atoms with Gasteiger partial charge in [0, 0.05) is 6.04 Å². The van der Waals surface area contributed by atoms with Crippen LogP contribution in [0.2, 0.25) is 10.0 Å². The van der Waals surface area contributed by atoms with Gasteiger partial charge in [-0.15, -0.1) is 0 Å². The summed E-state index contributed by atoms with van der Waals surface area (Å²) in [6.45, 7) is 6.11. The minimum absolute atomic E-state index is 0.137. The smallest absolute Gasteiger partial charge is 0.120 e. The number of hydrogen-bond acceptors (Lipinski definition) is 2. The van der Waals surface area contributed by atoms with Crippen LogP contribution in [-0.4, -0.2) is 0 Å². The predicted octanol–water partition coefficient (Wildman–Crippen LogP) is 5.31. The van der Waals surface area contributed by atoms with E-state index in [4.69, 9.17) is 27.6 Å². The van der Waals surface area contributed by atoms with Gasteiger partial charge >= 0.3 is 0 Å². The lowest BCUT2D eigenvalue weighted by molar-refractivity contribution is 0.392. The molecule has 0 saturated carbocycles. The molecule has 2 rings (SSSR count). The fraction of sp³-hybridized carbons (Fsp3) is 0.333. The molecule has 0 aliphatic rings. The van der Waals surface area contributed by atoms with Crippen LogP contribution in [0.3, 0.4) is 0 Å². The Labute approximate surface area is 123 Å². The molecule has 102 valence electrons. The van der Waals surface area contributed by atoms with Gasteiger partial charge in [0.05, 0.1) is 16.1 Å². The van der Waals surface area contributed by atoms with E-state index >= 15 is 0 Å². The van der Waals surface area contributed by atoms with E-state index in [0.717, 1.165) is 17.1 Å². The predicted molar refractivity (Wildman–Crippen MR) is 79.9 cm³/mol. The van der Waals surface area contributed by atoms with Gasteiger partial charge in [-0.05, 0) is 50.6 Å². The van der Waals surface area contributed by atoms with E-state index in [0.29, 0.717) is 10.0 Å². The number of rotatable bonds is 4. The van der Waals surface area contributed by atoms with Crippen LogP contribution in [0.5, 0.6) is 0 Å². The first-order chi connectivity index (χ1) is 8.97. The molecule has 1 N–H and O–H groups in total. The molecule has 4 heteroatoms. The maximum atomic E-state index is 6.04. The van der Waals surface area contributed by atoms with Crippen molar-refractivity contribution in [2.24, 2.45) is 0 Å². The molecule has 0 aliphatic carbocycles. The zero-order valence-corrected chi connectivity index (χ0v) is 12.7. The highest BCUT2D eigenvalue weighted by atomic mass is 35.5. The van der Waals surface area contributed by atoms with Crippen molar-refractivity contribution in [1.82, 2.24) is 5.32 Å². The quantitative estimate of drug-likeness (QED) is 0.827. The summed E-state index contributed by atoms with van der Waals surface area (Å²) in [5, 5.41) is 4.63. The second kappa shape index (κ2) is 6.00. The van der Waals surface area contributed by atoms with Gasteiger partial charge in [0.25, 0.3) is 0 Å². The van der Waals surface area contributed by atoms with Gasteiger partial charge in [-0.3, -0.25) is 0 Å². The molecule has 2 nitrogen and oxygen atoms in total. The Hall–Kier alpha value is -0.960. The first kappa shape index (κ1) is 14.4.